The summed E-state index contributed by atoms with van der Waals surface area (Å²) in [5.74, 6) is 2.57. The summed E-state index contributed by atoms with van der Waals surface area (Å²) in [6.07, 6.45) is 1.83. The Kier molecular flexibility index (Phi) is 5.74. The van der Waals surface area contributed by atoms with E-state index in [1.165, 1.54) is 0 Å². The van der Waals surface area contributed by atoms with Gasteiger partial charge in [-0.05, 0) is 43.2 Å². The maximum absolute atomic E-state index is 13.2. The summed E-state index contributed by atoms with van der Waals surface area (Å²) >= 11 is 0. The van der Waals surface area contributed by atoms with Crippen LogP contribution >= 0.6 is 0 Å². The van der Waals surface area contributed by atoms with Crippen molar-refractivity contribution in [1.82, 2.24) is 4.90 Å². The second-order valence-corrected chi connectivity index (χ2v) is 6.33. The summed E-state index contributed by atoms with van der Waals surface area (Å²) in [6, 6.07) is 10.9. The molecule has 0 aromatic heterocycles. The summed E-state index contributed by atoms with van der Waals surface area (Å²) in [5.41, 5.74) is 1.57. The van der Waals surface area contributed by atoms with Crippen LogP contribution in [0.15, 0.2) is 36.4 Å². The van der Waals surface area contributed by atoms with E-state index in [9.17, 15) is 4.79 Å². The van der Waals surface area contributed by atoms with Gasteiger partial charge in [-0.15, -0.1) is 0 Å². The van der Waals surface area contributed by atoms with Gasteiger partial charge in [-0.2, -0.15) is 0 Å². The highest BCUT2D eigenvalue weighted by Gasteiger charge is 2.32. The molecule has 3 rings (SSSR count). The number of nitrogens with zero attached hydrogens (tertiary/aromatic N) is 1. The molecule has 0 N–H and O–H groups in total. The van der Waals surface area contributed by atoms with Crippen LogP contribution in [0.2, 0.25) is 0 Å². The van der Waals surface area contributed by atoms with Crippen molar-refractivity contribution in [3.8, 4) is 23.0 Å². The first kappa shape index (κ1) is 18.9. The Labute approximate surface area is 159 Å². The third-order valence-corrected chi connectivity index (χ3v) is 4.94. The molecule has 0 saturated carbocycles. The van der Waals surface area contributed by atoms with E-state index in [1.54, 1.807) is 46.6 Å². The molecule has 1 fully saturated rings. The van der Waals surface area contributed by atoms with Crippen molar-refractivity contribution in [2.45, 2.75) is 18.9 Å². The average Bonchev–Trinajstić information content (AvgIpc) is 3.21. The van der Waals surface area contributed by atoms with E-state index in [0.29, 0.717) is 23.6 Å². The highest BCUT2D eigenvalue weighted by Crippen LogP contribution is 2.40. The van der Waals surface area contributed by atoms with Crippen LogP contribution in [-0.2, 0) is 0 Å². The lowest BCUT2D eigenvalue weighted by atomic mass is 10.0. The van der Waals surface area contributed by atoms with Crippen LogP contribution in [0.5, 0.6) is 23.0 Å². The number of amides is 1. The molecule has 0 radical (unpaired) electrons. The Morgan fingerprint density at radius 3 is 2.30 bits per heavy atom. The van der Waals surface area contributed by atoms with Gasteiger partial charge in [0.1, 0.15) is 11.5 Å². The van der Waals surface area contributed by atoms with E-state index >= 15 is 0 Å². The first-order valence-corrected chi connectivity index (χ1v) is 8.87. The molecule has 27 heavy (non-hydrogen) atoms. The standard InChI is InChI=1S/C21H25NO5/c1-24-15-8-9-16(19(13-15)26-3)17-6-5-11-22(17)21(23)14-7-10-18(25-2)20(12-14)27-4/h7-10,12-13,17H,5-6,11H2,1-4H3. The molecule has 2 aromatic rings. The highest BCUT2D eigenvalue weighted by molar-refractivity contribution is 5.95. The smallest absolute Gasteiger partial charge is 0.254 e. The highest BCUT2D eigenvalue weighted by atomic mass is 16.5. The van der Waals surface area contributed by atoms with Gasteiger partial charge in [0.2, 0.25) is 0 Å². The fourth-order valence-corrected chi connectivity index (χ4v) is 3.56. The van der Waals surface area contributed by atoms with Gasteiger partial charge in [0, 0.05) is 23.7 Å². The molecule has 1 atom stereocenters. The van der Waals surface area contributed by atoms with Crippen LogP contribution in [0.1, 0.15) is 34.8 Å². The number of carbonyl (C=O) groups excluding carboxylic acids is 1. The lowest BCUT2D eigenvalue weighted by Crippen LogP contribution is -2.30. The fraction of sp³-hybridized carbons (Fsp3) is 0.381. The molecule has 2 aromatic carbocycles. The van der Waals surface area contributed by atoms with Gasteiger partial charge >= 0.3 is 0 Å². The zero-order chi connectivity index (χ0) is 19.4. The molecule has 6 heteroatoms. The molecule has 6 nitrogen and oxygen atoms in total. The van der Waals surface area contributed by atoms with Crippen LogP contribution in [-0.4, -0.2) is 45.8 Å². The number of hydrogen-bond donors (Lipinski definition) is 0. The molecule has 0 aliphatic carbocycles. The van der Waals surface area contributed by atoms with E-state index in [1.807, 2.05) is 23.1 Å². The van der Waals surface area contributed by atoms with Crippen LogP contribution in [0.4, 0.5) is 0 Å². The van der Waals surface area contributed by atoms with Crippen LogP contribution in [0, 0.1) is 0 Å². The van der Waals surface area contributed by atoms with Crippen molar-refractivity contribution in [2.24, 2.45) is 0 Å². The first-order chi connectivity index (χ1) is 13.1. The molecule has 1 amide bonds. The van der Waals surface area contributed by atoms with Crippen molar-refractivity contribution in [1.29, 1.82) is 0 Å². The Hall–Kier alpha value is -2.89. The largest absolute Gasteiger partial charge is 0.497 e. The summed E-state index contributed by atoms with van der Waals surface area (Å²) in [4.78, 5) is 15.1. The van der Waals surface area contributed by atoms with Gasteiger partial charge in [-0.1, -0.05) is 0 Å². The molecule has 1 aliphatic rings. The molecular weight excluding hydrogens is 346 g/mol. The third kappa shape index (κ3) is 3.65. The number of methoxy groups -OCH3 is 4. The van der Waals surface area contributed by atoms with Crippen molar-refractivity contribution < 1.29 is 23.7 Å². The summed E-state index contributed by atoms with van der Waals surface area (Å²) in [7, 11) is 6.39. The van der Waals surface area contributed by atoms with Gasteiger partial charge in [0.05, 0.1) is 34.5 Å². The van der Waals surface area contributed by atoms with Crippen LogP contribution < -0.4 is 18.9 Å². The van der Waals surface area contributed by atoms with E-state index < -0.39 is 0 Å². The quantitative estimate of drug-likeness (QED) is 0.775. The summed E-state index contributed by atoms with van der Waals surface area (Å²) < 4.78 is 21.4. The number of ether oxygens (including phenoxy) is 4. The van der Waals surface area contributed by atoms with Gasteiger partial charge in [-0.3, -0.25) is 4.79 Å². The number of hydrogen-bond acceptors (Lipinski definition) is 5. The van der Waals surface area contributed by atoms with E-state index in [4.69, 9.17) is 18.9 Å². The second-order valence-electron chi connectivity index (χ2n) is 6.33. The van der Waals surface area contributed by atoms with E-state index in [2.05, 4.69) is 0 Å². The SMILES string of the molecule is COc1ccc(C2CCCN2C(=O)c2ccc(OC)c(OC)c2)c(OC)c1. The predicted molar refractivity (Wildman–Crippen MR) is 102 cm³/mol. The summed E-state index contributed by atoms with van der Waals surface area (Å²) in [6.45, 7) is 0.701. The van der Waals surface area contributed by atoms with Crippen molar-refractivity contribution in [2.75, 3.05) is 35.0 Å². The second kappa shape index (κ2) is 8.20. The number of benzene rings is 2. The molecule has 0 bridgehead atoms. The Morgan fingerprint density at radius 2 is 1.63 bits per heavy atom. The minimum absolute atomic E-state index is 0.0312. The Morgan fingerprint density at radius 1 is 0.889 bits per heavy atom. The molecule has 144 valence electrons. The van der Waals surface area contributed by atoms with Crippen molar-refractivity contribution in [3.05, 3.63) is 47.5 Å². The molecule has 1 saturated heterocycles. The average molecular weight is 371 g/mol. The van der Waals surface area contributed by atoms with Gasteiger partial charge in [-0.25, -0.2) is 0 Å². The van der Waals surface area contributed by atoms with Crippen LogP contribution in [0.3, 0.4) is 0 Å². The number of rotatable bonds is 6. The first-order valence-electron chi connectivity index (χ1n) is 8.87. The minimum atomic E-state index is -0.0357. The maximum Gasteiger partial charge on any atom is 0.254 e. The number of likely N-dealkylation sites (tertiary alicyclic amines) is 1. The third-order valence-electron chi connectivity index (χ3n) is 4.94. The zero-order valence-corrected chi connectivity index (χ0v) is 16.2. The number of carbonyl (C=O) groups is 1. The van der Waals surface area contributed by atoms with Crippen molar-refractivity contribution >= 4 is 5.91 Å². The topological polar surface area (TPSA) is 57.2 Å². The zero-order valence-electron chi connectivity index (χ0n) is 16.2. The van der Waals surface area contributed by atoms with Crippen molar-refractivity contribution in [3.63, 3.8) is 0 Å². The maximum atomic E-state index is 13.2. The minimum Gasteiger partial charge on any atom is -0.497 e. The van der Waals surface area contributed by atoms with Crippen LogP contribution in [0.25, 0.3) is 0 Å². The van der Waals surface area contributed by atoms with Gasteiger partial charge in [0.25, 0.3) is 5.91 Å². The molecule has 1 heterocycles. The molecule has 0 spiro atoms. The Bertz CT molecular complexity index is 820. The predicted octanol–water partition coefficient (Wildman–Crippen LogP) is 3.70. The van der Waals surface area contributed by atoms with E-state index in [0.717, 1.165) is 29.9 Å². The fourth-order valence-electron chi connectivity index (χ4n) is 3.56. The normalized spacial score (nSPS) is 16.1. The molecule has 1 unspecified atom stereocenters. The summed E-state index contributed by atoms with van der Waals surface area (Å²) in [5, 5.41) is 0. The Balaban J connectivity index is 1.91. The van der Waals surface area contributed by atoms with E-state index in [-0.39, 0.29) is 11.9 Å². The van der Waals surface area contributed by atoms with Gasteiger partial charge in [0.15, 0.2) is 11.5 Å². The lowest BCUT2D eigenvalue weighted by molar-refractivity contribution is 0.0733. The lowest BCUT2D eigenvalue weighted by Gasteiger charge is -2.27. The van der Waals surface area contributed by atoms with Gasteiger partial charge < -0.3 is 23.8 Å². The molecular formula is C21H25NO5. The molecule has 1 aliphatic heterocycles. The monoisotopic (exact) mass is 371 g/mol.